The highest BCUT2D eigenvalue weighted by Gasteiger charge is 2.13. The van der Waals surface area contributed by atoms with Gasteiger partial charge in [-0.15, -0.1) is 0 Å². The van der Waals surface area contributed by atoms with Crippen molar-refractivity contribution in [1.82, 2.24) is 13.8 Å². The molecule has 0 aliphatic carbocycles. The zero-order chi connectivity index (χ0) is 25.8. The largest absolute Gasteiger partial charge is 0.478 e. The second-order valence-corrected chi connectivity index (χ2v) is 8.17. The summed E-state index contributed by atoms with van der Waals surface area (Å²) < 4.78 is 8.93. The molecule has 0 radical (unpaired) electrons. The Morgan fingerprint density at radius 3 is 2.06 bits per heavy atom. The molecule has 0 aliphatic heterocycles. The van der Waals surface area contributed by atoms with Crippen molar-refractivity contribution in [2.45, 2.75) is 20.0 Å². The molecule has 1 heterocycles. The smallest absolute Gasteiger partial charge is 0.353 e. The number of halogens is 1. The fourth-order valence-electron chi connectivity index (χ4n) is 3.46. The van der Waals surface area contributed by atoms with E-state index in [2.05, 4.69) is 4.99 Å². The van der Waals surface area contributed by atoms with E-state index in [0.717, 1.165) is 14.8 Å². The Labute approximate surface area is 209 Å². The molecule has 1 aromatic heterocycles. The SMILES string of the molecule is CCn1c(=O)n(N)/c(=N\c2ccc(Oc3ccc(C(=O)O)cc3)cc2)n(Cc2ccc(Cl)cc2)c1=O. The van der Waals surface area contributed by atoms with Crippen LogP contribution in [0, 0.1) is 0 Å². The number of hydrogen-bond donors (Lipinski definition) is 2. The van der Waals surface area contributed by atoms with E-state index in [9.17, 15) is 14.4 Å². The first-order valence-corrected chi connectivity index (χ1v) is 11.3. The number of rotatable bonds is 7. The average Bonchev–Trinajstić information content (AvgIpc) is 2.87. The van der Waals surface area contributed by atoms with Crippen molar-refractivity contribution < 1.29 is 14.6 Å². The molecular formula is C25H22ClN5O5. The van der Waals surface area contributed by atoms with Crippen LogP contribution in [-0.2, 0) is 13.1 Å². The van der Waals surface area contributed by atoms with E-state index >= 15 is 0 Å². The van der Waals surface area contributed by atoms with E-state index in [1.807, 2.05) is 0 Å². The number of carbonyl (C=O) groups is 1. The van der Waals surface area contributed by atoms with Gasteiger partial charge in [-0.2, -0.15) is 4.68 Å². The molecule has 0 aliphatic rings. The molecule has 184 valence electrons. The quantitative estimate of drug-likeness (QED) is 0.369. The fraction of sp³-hybridized carbons (Fsp3) is 0.120. The molecule has 11 heteroatoms. The predicted octanol–water partition coefficient (Wildman–Crippen LogP) is 2.97. The van der Waals surface area contributed by atoms with E-state index in [0.29, 0.717) is 22.2 Å². The molecule has 4 aromatic rings. The Kier molecular flexibility index (Phi) is 7.07. The van der Waals surface area contributed by atoms with Crippen LogP contribution in [0.5, 0.6) is 11.5 Å². The monoisotopic (exact) mass is 507 g/mol. The number of aromatic nitrogens is 3. The summed E-state index contributed by atoms with van der Waals surface area (Å²) in [6, 6.07) is 19.5. The van der Waals surface area contributed by atoms with Gasteiger partial charge >= 0.3 is 17.3 Å². The van der Waals surface area contributed by atoms with E-state index in [4.69, 9.17) is 27.3 Å². The second-order valence-electron chi connectivity index (χ2n) is 7.73. The molecular weight excluding hydrogens is 486 g/mol. The lowest BCUT2D eigenvalue weighted by atomic mass is 10.2. The van der Waals surface area contributed by atoms with Gasteiger partial charge in [0.15, 0.2) is 0 Å². The summed E-state index contributed by atoms with van der Waals surface area (Å²) in [7, 11) is 0. The molecule has 4 rings (SSSR count). The number of nitrogens with two attached hydrogens (primary N) is 1. The van der Waals surface area contributed by atoms with Gasteiger partial charge in [0.2, 0.25) is 5.62 Å². The Morgan fingerprint density at radius 2 is 1.50 bits per heavy atom. The van der Waals surface area contributed by atoms with Crippen LogP contribution < -0.4 is 27.6 Å². The number of nitrogen functional groups attached to an aromatic ring is 1. The fourth-order valence-corrected chi connectivity index (χ4v) is 3.59. The molecule has 36 heavy (non-hydrogen) atoms. The molecule has 0 atom stereocenters. The number of ether oxygens (including phenoxy) is 1. The number of benzene rings is 3. The predicted molar refractivity (Wildman–Crippen MR) is 134 cm³/mol. The summed E-state index contributed by atoms with van der Waals surface area (Å²) >= 11 is 5.97. The molecule has 0 saturated carbocycles. The zero-order valence-electron chi connectivity index (χ0n) is 19.2. The first kappa shape index (κ1) is 24.6. The summed E-state index contributed by atoms with van der Waals surface area (Å²) in [6.45, 7) is 1.95. The van der Waals surface area contributed by atoms with Gasteiger partial charge in [0, 0.05) is 11.6 Å². The first-order chi connectivity index (χ1) is 17.3. The highest BCUT2D eigenvalue weighted by molar-refractivity contribution is 6.30. The molecule has 0 amide bonds. The van der Waals surface area contributed by atoms with Gasteiger partial charge < -0.3 is 15.7 Å². The Balaban J connectivity index is 1.71. The molecule has 0 fully saturated rings. The molecule has 0 saturated heterocycles. The minimum atomic E-state index is -1.02. The van der Waals surface area contributed by atoms with Crippen molar-refractivity contribution in [2.75, 3.05) is 5.84 Å². The maximum Gasteiger partial charge on any atom is 0.353 e. The zero-order valence-corrected chi connectivity index (χ0v) is 19.9. The maximum atomic E-state index is 13.1. The van der Waals surface area contributed by atoms with Crippen molar-refractivity contribution >= 4 is 23.3 Å². The van der Waals surface area contributed by atoms with Crippen LogP contribution in [0.15, 0.2) is 87.4 Å². The second kappa shape index (κ2) is 10.4. The standard InChI is InChI=1S/C25H22ClN5O5/c1-2-29-24(34)30(15-16-3-7-18(26)8-4-16)23(31(27)25(29)35)28-19-9-13-21(14-10-19)36-20-11-5-17(6-12-20)22(32)33/h3-14H,2,15,27H2,1H3,(H,32,33)/b28-23-. The van der Waals surface area contributed by atoms with Gasteiger partial charge in [-0.1, -0.05) is 23.7 Å². The molecule has 0 unspecified atom stereocenters. The van der Waals surface area contributed by atoms with Gasteiger partial charge in [0.1, 0.15) is 11.5 Å². The van der Waals surface area contributed by atoms with Gasteiger partial charge in [0.05, 0.1) is 17.8 Å². The molecule has 0 bridgehead atoms. The molecule has 3 aromatic carbocycles. The van der Waals surface area contributed by atoms with E-state index in [-0.39, 0.29) is 24.3 Å². The Bertz CT molecular complexity index is 1590. The highest BCUT2D eigenvalue weighted by atomic mass is 35.5. The van der Waals surface area contributed by atoms with Crippen molar-refractivity contribution in [1.29, 1.82) is 0 Å². The van der Waals surface area contributed by atoms with Crippen LogP contribution in [0.3, 0.4) is 0 Å². The molecule has 3 N–H and O–H groups in total. The van der Waals surface area contributed by atoms with Crippen LogP contribution in [-0.4, -0.2) is 24.9 Å². The van der Waals surface area contributed by atoms with Crippen molar-refractivity contribution in [3.05, 3.63) is 116 Å². The van der Waals surface area contributed by atoms with Crippen molar-refractivity contribution in [3.63, 3.8) is 0 Å². The van der Waals surface area contributed by atoms with Crippen molar-refractivity contribution in [3.8, 4) is 11.5 Å². The lowest BCUT2D eigenvalue weighted by Crippen LogP contribution is -2.57. The van der Waals surface area contributed by atoms with Crippen LogP contribution in [0.4, 0.5) is 5.69 Å². The number of carboxylic acid groups (broad SMARTS) is 1. The van der Waals surface area contributed by atoms with Crippen LogP contribution >= 0.6 is 11.6 Å². The molecule has 0 spiro atoms. The van der Waals surface area contributed by atoms with E-state index in [1.165, 1.54) is 16.7 Å². The minimum absolute atomic E-state index is 0.0254. The maximum absolute atomic E-state index is 13.1. The van der Waals surface area contributed by atoms with Crippen LogP contribution in [0.1, 0.15) is 22.8 Å². The average molecular weight is 508 g/mol. The summed E-state index contributed by atoms with van der Waals surface area (Å²) in [4.78, 5) is 41.2. The third-order valence-corrected chi connectivity index (χ3v) is 5.58. The lowest BCUT2D eigenvalue weighted by molar-refractivity contribution is 0.0697. The van der Waals surface area contributed by atoms with Crippen LogP contribution in [0.25, 0.3) is 0 Å². The van der Waals surface area contributed by atoms with Crippen molar-refractivity contribution in [2.24, 2.45) is 4.99 Å². The third-order valence-electron chi connectivity index (χ3n) is 5.33. The summed E-state index contributed by atoms with van der Waals surface area (Å²) in [6.07, 6.45) is 0. The molecule has 10 nitrogen and oxygen atoms in total. The lowest BCUT2D eigenvalue weighted by Gasteiger charge is -2.13. The van der Waals surface area contributed by atoms with E-state index in [1.54, 1.807) is 67.6 Å². The van der Waals surface area contributed by atoms with Gasteiger partial charge in [-0.05, 0) is 73.2 Å². The third kappa shape index (κ3) is 5.23. The van der Waals surface area contributed by atoms with Gasteiger partial charge in [0.25, 0.3) is 0 Å². The number of aromatic carboxylic acids is 1. The number of nitrogens with zero attached hydrogens (tertiary/aromatic N) is 4. The summed E-state index contributed by atoms with van der Waals surface area (Å²) in [5.41, 5.74) is 0.113. The number of carboxylic acids is 1. The minimum Gasteiger partial charge on any atom is -0.478 e. The Morgan fingerprint density at radius 1 is 0.917 bits per heavy atom. The summed E-state index contributed by atoms with van der Waals surface area (Å²) in [5, 5.41) is 9.56. The Hall–Kier alpha value is -4.57. The van der Waals surface area contributed by atoms with Crippen LogP contribution in [0.2, 0.25) is 5.02 Å². The van der Waals surface area contributed by atoms with Gasteiger partial charge in [-0.25, -0.2) is 23.9 Å². The van der Waals surface area contributed by atoms with E-state index < -0.39 is 17.3 Å². The summed E-state index contributed by atoms with van der Waals surface area (Å²) in [5.74, 6) is 5.99. The van der Waals surface area contributed by atoms with Gasteiger partial charge in [-0.3, -0.25) is 4.57 Å². The highest BCUT2D eigenvalue weighted by Crippen LogP contribution is 2.24. The first-order valence-electron chi connectivity index (χ1n) is 10.9. The number of hydrogen-bond acceptors (Lipinski definition) is 6. The topological polar surface area (TPSA) is 134 Å². The normalized spacial score (nSPS) is 11.4.